The summed E-state index contributed by atoms with van der Waals surface area (Å²) in [6.45, 7) is 4.21. The van der Waals surface area contributed by atoms with E-state index >= 15 is 0 Å². The van der Waals surface area contributed by atoms with E-state index in [2.05, 4.69) is 33.9 Å². The van der Waals surface area contributed by atoms with Crippen LogP contribution in [0.3, 0.4) is 0 Å². The number of hydrogen-bond donors (Lipinski definition) is 0. The largest absolute Gasteiger partial charge is 0.347 e. The van der Waals surface area contributed by atoms with Crippen LogP contribution in [0.1, 0.15) is 34.2 Å². The van der Waals surface area contributed by atoms with E-state index < -0.39 is 5.79 Å². The van der Waals surface area contributed by atoms with Crippen LogP contribution in [0.25, 0.3) is 0 Å². The predicted octanol–water partition coefficient (Wildman–Crippen LogP) is 3.12. The van der Waals surface area contributed by atoms with E-state index in [0.29, 0.717) is 19.8 Å². The third-order valence-electron chi connectivity index (χ3n) is 5.91. The smallest absolute Gasteiger partial charge is 0.236 e. The van der Waals surface area contributed by atoms with Crippen molar-refractivity contribution in [3.8, 4) is 0 Å². The summed E-state index contributed by atoms with van der Waals surface area (Å²) in [7, 11) is 0. The maximum Gasteiger partial charge on any atom is 0.236 e. The Morgan fingerprint density at radius 3 is 2.67 bits per heavy atom. The number of amides is 1. The summed E-state index contributed by atoms with van der Waals surface area (Å²) in [5.41, 5.74) is 1.38. The SMILES string of the molecule is O=C(CN1CCc2sccc2[C@@H]1c1cccs1)N1CCC2(CC1)OCCO2. The van der Waals surface area contributed by atoms with Gasteiger partial charge in [-0.15, -0.1) is 22.7 Å². The van der Waals surface area contributed by atoms with E-state index in [4.69, 9.17) is 9.47 Å². The van der Waals surface area contributed by atoms with E-state index in [1.165, 1.54) is 15.3 Å². The lowest BCUT2D eigenvalue weighted by Crippen LogP contribution is -2.50. The van der Waals surface area contributed by atoms with Gasteiger partial charge in [0.05, 0.1) is 25.8 Å². The molecule has 0 unspecified atom stereocenters. The summed E-state index contributed by atoms with van der Waals surface area (Å²) in [6.07, 6.45) is 2.59. The molecule has 0 bridgehead atoms. The van der Waals surface area contributed by atoms with Gasteiger partial charge in [-0.05, 0) is 34.9 Å². The van der Waals surface area contributed by atoms with Crippen LogP contribution < -0.4 is 0 Å². The zero-order chi connectivity index (χ0) is 18.3. The van der Waals surface area contributed by atoms with Gasteiger partial charge in [-0.3, -0.25) is 9.69 Å². The molecule has 0 saturated carbocycles. The van der Waals surface area contributed by atoms with Gasteiger partial charge in [0.2, 0.25) is 5.91 Å². The maximum atomic E-state index is 13.0. The van der Waals surface area contributed by atoms with Crippen LogP contribution in [0.15, 0.2) is 29.0 Å². The molecule has 2 aromatic rings. The quantitative estimate of drug-likeness (QED) is 0.788. The van der Waals surface area contributed by atoms with Gasteiger partial charge in [-0.2, -0.15) is 0 Å². The summed E-state index contributed by atoms with van der Waals surface area (Å²) in [4.78, 5) is 20.2. The Morgan fingerprint density at radius 1 is 1.11 bits per heavy atom. The van der Waals surface area contributed by atoms with Crippen molar-refractivity contribution >= 4 is 28.6 Å². The second-order valence-corrected chi connectivity index (χ2v) is 9.41. The molecule has 5 rings (SSSR count). The van der Waals surface area contributed by atoms with Crippen molar-refractivity contribution in [2.45, 2.75) is 31.1 Å². The summed E-state index contributed by atoms with van der Waals surface area (Å²) >= 11 is 3.62. The normalized spacial score (nSPS) is 25.0. The van der Waals surface area contributed by atoms with E-state index in [1.807, 2.05) is 16.2 Å². The molecule has 5 heterocycles. The number of rotatable bonds is 3. The van der Waals surface area contributed by atoms with E-state index in [9.17, 15) is 4.79 Å². The van der Waals surface area contributed by atoms with Crippen LogP contribution in [0.4, 0.5) is 0 Å². The summed E-state index contributed by atoms with van der Waals surface area (Å²) in [5.74, 6) is -0.199. The molecule has 0 N–H and O–H groups in total. The van der Waals surface area contributed by atoms with Crippen LogP contribution >= 0.6 is 22.7 Å². The van der Waals surface area contributed by atoms with Gasteiger partial charge in [0, 0.05) is 42.2 Å². The molecule has 5 nitrogen and oxygen atoms in total. The van der Waals surface area contributed by atoms with Gasteiger partial charge in [-0.1, -0.05) is 6.07 Å². The number of carbonyl (C=O) groups excluding carboxylic acids is 1. The number of carbonyl (C=O) groups is 1. The Labute approximate surface area is 167 Å². The number of ether oxygens (including phenoxy) is 2. The minimum atomic E-state index is -0.424. The molecule has 3 aliphatic rings. The van der Waals surface area contributed by atoms with Crippen molar-refractivity contribution in [1.82, 2.24) is 9.80 Å². The van der Waals surface area contributed by atoms with Crippen molar-refractivity contribution in [2.24, 2.45) is 0 Å². The first kappa shape index (κ1) is 17.8. The highest BCUT2D eigenvalue weighted by atomic mass is 32.1. The van der Waals surface area contributed by atoms with Gasteiger partial charge in [0.25, 0.3) is 0 Å². The monoisotopic (exact) mass is 404 g/mol. The zero-order valence-corrected chi connectivity index (χ0v) is 16.9. The number of piperidine rings is 1. The number of hydrogen-bond acceptors (Lipinski definition) is 6. The van der Waals surface area contributed by atoms with Crippen molar-refractivity contribution < 1.29 is 14.3 Å². The summed E-state index contributed by atoms with van der Waals surface area (Å²) in [6, 6.07) is 6.74. The van der Waals surface area contributed by atoms with Crippen LogP contribution in [-0.2, 0) is 20.7 Å². The number of likely N-dealkylation sites (tertiary alicyclic amines) is 1. The minimum absolute atomic E-state index is 0.210. The fourth-order valence-electron chi connectivity index (χ4n) is 4.47. The lowest BCUT2D eigenvalue weighted by Gasteiger charge is -2.40. The van der Waals surface area contributed by atoms with E-state index in [1.54, 1.807) is 11.3 Å². The molecular weight excluding hydrogens is 380 g/mol. The number of thiophene rings is 2. The molecule has 144 valence electrons. The molecule has 2 aromatic heterocycles. The van der Waals surface area contributed by atoms with Gasteiger partial charge in [0.1, 0.15) is 0 Å². The summed E-state index contributed by atoms with van der Waals surface area (Å²) in [5, 5.41) is 4.31. The predicted molar refractivity (Wildman–Crippen MR) is 106 cm³/mol. The Bertz CT molecular complexity index is 788. The van der Waals surface area contributed by atoms with Crippen LogP contribution in [0.2, 0.25) is 0 Å². The second kappa shape index (κ2) is 7.29. The molecular formula is C20H24N2O3S2. The maximum absolute atomic E-state index is 13.0. The fraction of sp³-hybridized carbons (Fsp3) is 0.550. The number of nitrogens with zero attached hydrogens (tertiary/aromatic N) is 2. The highest BCUT2D eigenvalue weighted by molar-refractivity contribution is 7.10. The third-order valence-corrected chi connectivity index (χ3v) is 7.83. The first-order valence-corrected chi connectivity index (χ1v) is 11.4. The molecule has 1 atom stereocenters. The average Bonchev–Trinajstić information content (AvgIpc) is 3.44. The van der Waals surface area contributed by atoms with E-state index in [0.717, 1.165) is 38.9 Å². The first-order chi connectivity index (χ1) is 13.2. The van der Waals surface area contributed by atoms with Crippen LogP contribution in [-0.4, -0.2) is 60.9 Å². The topological polar surface area (TPSA) is 42.0 Å². The van der Waals surface area contributed by atoms with Gasteiger partial charge >= 0.3 is 0 Å². The molecule has 3 aliphatic heterocycles. The number of fused-ring (bicyclic) bond motifs is 1. The standard InChI is InChI=1S/C20H24N2O3S2/c23-18(21-8-5-20(6-9-21)24-10-11-25-20)14-22-7-3-16-15(4-13-27-16)19(22)17-2-1-12-26-17/h1-2,4,12-13,19H,3,5-11,14H2/t19-/m1/s1. The lowest BCUT2D eigenvalue weighted by molar-refractivity contribution is -0.187. The molecule has 1 amide bonds. The average molecular weight is 405 g/mol. The Kier molecular flexibility index (Phi) is 4.81. The molecule has 0 radical (unpaired) electrons. The molecule has 27 heavy (non-hydrogen) atoms. The molecule has 2 saturated heterocycles. The second-order valence-electron chi connectivity index (χ2n) is 7.43. The third kappa shape index (κ3) is 3.36. The van der Waals surface area contributed by atoms with Gasteiger partial charge < -0.3 is 14.4 Å². The Hall–Kier alpha value is -1.25. The fourth-order valence-corrected chi connectivity index (χ4v) is 6.26. The van der Waals surface area contributed by atoms with Crippen molar-refractivity contribution in [3.05, 3.63) is 44.3 Å². The molecule has 1 spiro atoms. The zero-order valence-electron chi connectivity index (χ0n) is 15.3. The minimum Gasteiger partial charge on any atom is -0.347 e. The Morgan fingerprint density at radius 2 is 1.93 bits per heavy atom. The van der Waals surface area contributed by atoms with Crippen molar-refractivity contribution in [3.63, 3.8) is 0 Å². The molecule has 0 aliphatic carbocycles. The van der Waals surface area contributed by atoms with Crippen LogP contribution in [0.5, 0.6) is 0 Å². The van der Waals surface area contributed by atoms with E-state index in [-0.39, 0.29) is 11.9 Å². The Balaban J connectivity index is 1.29. The van der Waals surface area contributed by atoms with Crippen LogP contribution in [0, 0.1) is 0 Å². The first-order valence-electron chi connectivity index (χ1n) is 9.64. The van der Waals surface area contributed by atoms with Crippen molar-refractivity contribution in [2.75, 3.05) is 39.4 Å². The highest BCUT2D eigenvalue weighted by Crippen LogP contribution is 2.39. The highest BCUT2D eigenvalue weighted by Gasteiger charge is 2.41. The molecule has 7 heteroatoms. The molecule has 0 aromatic carbocycles. The van der Waals surface area contributed by atoms with Crippen molar-refractivity contribution in [1.29, 1.82) is 0 Å². The van der Waals surface area contributed by atoms with Gasteiger partial charge in [0.15, 0.2) is 5.79 Å². The van der Waals surface area contributed by atoms with Gasteiger partial charge in [-0.25, -0.2) is 0 Å². The molecule has 2 fully saturated rings. The summed E-state index contributed by atoms with van der Waals surface area (Å²) < 4.78 is 11.6. The lowest BCUT2D eigenvalue weighted by atomic mass is 9.98.